The number of nitro benzene ring substituents is 1. The van der Waals surface area contributed by atoms with Crippen molar-refractivity contribution in [2.24, 2.45) is 5.92 Å². The molecular formula is C10H13NO4. The molecule has 0 saturated carbocycles. The average Bonchev–Trinajstić information content (AvgIpc) is 2.15. The topological polar surface area (TPSA) is 72.6 Å². The van der Waals surface area contributed by atoms with Gasteiger partial charge in [0.1, 0.15) is 0 Å². The van der Waals surface area contributed by atoms with Gasteiger partial charge in [0.15, 0.2) is 11.5 Å². The van der Waals surface area contributed by atoms with E-state index in [0.717, 1.165) is 6.07 Å². The standard InChI is InChI=1S/C10H13NO4/c1-7(2)6-15-10-4-3-8(11(13)14)5-9(10)12/h3-5,7,12H,6H2,1-2H3. The summed E-state index contributed by atoms with van der Waals surface area (Å²) in [7, 11) is 0. The third kappa shape index (κ3) is 3.12. The van der Waals surface area contributed by atoms with E-state index in [2.05, 4.69) is 0 Å². The second-order valence-corrected chi connectivity index (χ2v) is 3.61. The number of hydrogen-bond donors (Lipinski definition) is 1. The molecular weight excluding hydrogens is 198 g/mol. The van der Waals surface area contributed by atoms with Crippen molar-refractivity contribution in [1.82, 2.24) is 0 Å². The van der Waals surface area contributed by atoms with Crippen molar-refractivity contribution in [2.75, 3.05) is 6.61 Å². The molecule has 0 heterocycles. The van der Waals surface area contributed by atoms with Gasteiger partial charge < -0.3 is 9.84 Å². The highest BCUT2D eigenvalue weighted by molar-refractivity contribution is 5.47. The maximum atomic E-state index is 10.4. The minimum atomic E-state index is -0.564. The molecule has 1 rings (SSSR count). The highest BCUT2D eigenvalue weighted by atomic mass is 16.6. The molecule has 0 saturated heterocycles. The molecule has 0 amide bonds. The van der Waals surface area contributed by atoms with E-state index >= 15 is 0 Å². The Labute approximate surface area is 87.5 Å². The summed E-state index contributed by atoms with van der Waals surface area (Å²) in [6, 6.07) is 3.78. The zero-order valence-electron chi connectivity index (χ0n) is 8.64. The van der Waals surface area contributed by atoms with Crippen LogP contribution in [-0.2, 0) is 0 Å². The van der Waals surface area contributed by atoms with Crippen LogP contribution in [0.15, 0.2) is 18.2 Å². The summed E-state index contributed by atoms with van der Waals surface area (Å²) < 4.78 is 5.26. The highest BCUT2D eigenvalue weighted by Gasteiger charge is 2.10. The van der Waals surface area contributed by atoms with Gasteiger partial charge in [-0.05, 0) is 12.0 Å². The van der Waals surface area contributed by atoms with E-state index in [4.69, 9.17) is 4.74 Å². The molecule has 15 heavy (non-hydrogen) atoms. The van der Waals surface area contributed by atoms with Gasteiger partial charge in [-0.25, -0.2) is 0 Å². The average molecular weight is 211 g/mol. The Hall–Kier alpha value is -1.78. The van der Waals surface area contributed by atoms with Crippen molar-refractivity contribution in [3.63, 3.8) is 0 Å². The SMILES string of the molecule is CC(C)COc1ccc([N+](=O)[O-])cc1O. The number of ether oxygens (including phenoxy) is 1. The number of hydrogen-bond acceptors (Lipinski definition) is 4. The molecule has 82 valence electrons. The third-order valence-electron chi connectivity index (χ3n) is 1.73. The van der Waals surface area contributed by atoms with Crippen molar-refractivity contribution in [2.45, 2.75) is 13.8 Å². The number of nitro groups is 1. The van der Waals surface area contributed by atoms with Gasteiger partial charge in [-0.3, -0.25) is 10.1 Å². The minimum Gasteiger partial charge on any atom is -0.504 e. The molecule has 1 aromatic rings. The maximum absolute atomic E-state index is 10.4. The fourth-order valence-corrected chi connectivity index (χ4v) is 0.998. The van der Waals surface area contributed by atoms with Crippen molar-refractivity contribution in [1.29, 1.82) is 0 Å². The largest absolute Gasteiger partial charge is 0.504 e. The normalized spacial score (nSPS) is 10.3. The van der Waals surface area contributed by atoms with Crippen molar-refractivity contribution in [3.05, 3.63) is 28.3 Å². The molecule has 0 radical (unpaired) electrons. The first-order valence-corrected chi connectivity index (χ1v) is 4.61. The molecule has 0 aromatic heterocycles. The Morgan fingerprint density at radius 1 is 1.53 bits per heavy atom. The lowest BCUT2D eigenvalue weighted by molar-refractivity contribution is -0.385. The Balaban J connectivity index is 2.79. The van der Waals surface area contributed by atoms with Crippen LogP contribution in [0.1, 0.15) is 13.8 Å². The van der Waals surface area contributed by atoms with Crippen LogP contribution < -0.4 is 4.74 Å². The molecule has 1 aromatic carbocycles. The molecule has 0 unspecified atom stereocenters. The first-order valence-electron chi connectivity index (χ1n) is 4.61. The molecule has 0 spiro atoms. The zero-order chi connectivity index (χ0) is 11.4. The van der Waals surface area contributed by atoms with Crippen LogP contribution in [-0.4, -0.2) is 16.6 Å². The fourth-order valence-electron chi connectivity index (χ4n) is 0.998. The molecule has 1 N–H and O–H groups in total. The first-order chi connectivity index (χ1) is 7.00. The van der Waals surface area contributed by atoms with E-state index in [1.54, 1.807) is 0 Å². The molecule has 0 aliphatic carbocycles. The van der Waals surface area contributed by atoms with Crippen LogP contribution >= 0.6 is 0 Å². The number of phenolic OH excluding ortho intramolecular Hbond substituents is 1. The summed E-state index contributed by atoms with van der Waals surface area (Å²) in [4.78, 5) is 9.82. The Kier molecular flexibility index (Phi) is 3.49. The summed E-state index contributed by atoms with van der Waals surface area (Å²) in [6.45, 7) is 4.41. The van der Waals surface area contributed by atoms with E-state index in [1.165, 1.54) is 12.1 Å². The van der Waals surface area contributed by atoms with Gasteiger partial charge in [-0.15, -0.1) is 0 Å². The lowest BCUT2D eigenvalue weighted by Gasteiger charge is -2.09. The predicted molar refractivity (Wildman–Crippen MR) is 55.1 cm³/mol. The molecule has 0 fully saturated rings. The van der Waals surface area contributed by atoms with Crippen LogP contribution in [0.3, 0.4) is 0 Å². The number of phenols is 1. The van der Waals surface area contributed by atoms with Crippen molar-refractivity contribution in [3.8, 4) is 11.5 Å². The van der Waals surface area contributed by atoms with Crippen LogP contribution in [0.25, 0.3) is 0 Å². The van der Waals surface area contributed by atoms with Gasteiger partial charge in [0.05, 0.1) is 17.6 Å². The number of rotatable bonds is 4. The lowest BCUT2D eigenvalue weighted by atomic mass is 10.2. The van der Waals surface area contributed by atoms with E-state index in [9.17, 15) is 15.2 Å². The van der Waals surface area contributed by atoms with Crippen molar-refractivity contribution < 1.29 is 14.8 Å². The third-order valence-corrected chi connectivity index (χ3v) is 1.73. The van der Waals surface area contributed by atoms with Gasteiger partial charge in [-0.1, -0.05) is 13.8 Å². The molecule has 0 bridgehead atoms. The number of benzene rings is 1. The van der Waals surface area contributed by atoms with E-state index in [0.29, 0.717) is 12.5 Å². The Morgan fingerprint density at radius 2 is 2.20 bits per heavy atom. The fraction of sp³-hybridized carbons (Fsp3) is 0.400. The molecule has 5 nitrogen and oxygen atoms in total. The molecule has 0 atom stereocenters. The summed E-state index contributed by atoms with van der Waals surface area (Å²) in [5, 5.41) is 19.8. The van der Waals surface area contributed by atoms with E-state index in [-0.39, 0.29) is 17.2 Å². The first kappa shape index (κ1) is 11.3. The Morgan fingerprint density at radius 3 is 2.67 bits per heavy atom. The predicted octanol–water partition coefficient (Wildman–Crippen LogP) is 2.34. The highest BCUT2D eigenvalue weighted by Crippen LogP contribution is 2.30. The summed E-state index contributed by atoms with van der Waals surface area (Å²) in [5.74, 6) is 0.402. The van der Waals surface area contributed by atoms with Crippen LogP contribution in [0, 0.1) is 16.0 Å². The summed E-state index contributed by atoms with van der Waals surface area (Å²) >= 11 is 0. The van der Waals surface area contributed by atoms with Crippen LogP contribution in [0.2, 0.25) is 0 Å². The zero-order valence-corrected chi connectivity index (χ0v) is 8.64. The van der Waals surface area contributed by atoms with Gasteiger partial charge in [0, 0.05) is 6.07 Å². The van der Waals surface area contributed by atoms with Crippen molar-refractivity contribution >= 4 is 5.69 Å². The molecule has 0 aliphatic rings. The quantitative estimate of drug-likeness (QED) is 0.612. The van der Waals surface area contributed by atoms with Gasteiger partial charge >= 0.3 is 0 Å². The van der Waals surface area contributed by atoms with E-state index in [1.807, 2.05) is 13.8 Å². The number of aromatic hydroxyl groups is 1. The van der Waals surface area contributed by atoms with Gasteiger partial charge in [0.2, 0.25) is 0 Å². The van der Waals surface area contributed by atoms with E-state index < -0.39 is 4.92 Å². The number of non-ortho nitro benzene ring substituents is 1. The Bertz CT molecular complexity index is 362. The van der Waals surface area contributed by atoms with Gasteiger partial charge in [0.25, 0.3) is 5.69 Å². The summed E-state index contributed by atoms with van der Waals surface area (Å²) in [6.07, 6.45) is 0. The monoisotopic (exact) mass is 211 g/mol. The smallest absolute Gasteiger partial charge is 0.273 e. The lowest BCUT2D eigenvalue weighted by Crippen LogP contribution is -2.04. The summed E-state index contributed by atoms with van der Waals surface area (Å²) in [5.41, 5.74) is -0.149. The second-order valence-electron chi connectivity index (χ2n) is 3.61. The van der Waals surface area contributed by atoms with Crippen LogP contribution in [0.5, 0.6) is 11.5 Å². The molecule has 5 heteroatoms. The molecule has 0 aliphatic heterocycles. The second kappa shape index (κ2) is 4.63. The maximum Gasteiger partial charge on any atom is 0.273 e. The van der Waals surface area contributed by atoms with Gasteiger partial charge in [-0.2, -0.15) is 0 Å². The number of nitrogens with zero attached hydrogens (tertiary/aromatic N) is 1. The minimum absolute atomic E-state index is 0.149. The van der Waals surface area contributed by atoms with Crippen LogP contribution in [0.4, 0.5) is 5.69 Å².